The fourth-order valence-corrected chi connectivity index (χ4v) is 2.50. The molecule has 0 aliphatic heterocycles. The number of carboxylic acid groups (broad SMARTS) is 1. The van der Waals surface area contributed by atoms with E-state index in [2.05, 4.69) is 25.7 Å². The van der Waals surface area contributed by atoms with E-state index in [4.69, 9.17) is 9.66 Å². The van der Waals surface area contributed by atoms with E-state index in [0.717, 1.165) is 0 Å². The van der Waals surface area contributed by atoms with E-state index in [0.29, 0.717) is 0 Å². The first-order valence-corrected chi connectivity index (χ1v) is 8.24. The van der Waals surface area contributed by atoms with Crippen LogP contribution < -0.4 is 0 Å². The van der Waals surface area contributed by atoms with Crippen molar-refractivity contribution in [2.24, 2.45) is 0 Å². The molecule has 2 N–H and O–H groups in total. The molecule has 0 aliphatic carbocycles. The molecule has 0 amide bonds. The molecule has 0 spiro atoms. The van der Waals surface area contributed by atoms with Gasteiger partial charge in [-0.3, -0.25) is 9.35 Å². The Kier molecular flexibility index (Phi) is 8.84. The average molecular weight is 317 g/mol. The van der Waals surface area contributed by atoms with Crippen LogP contribution in [0.3, 0.4) is 0 Å². The van der Waals surface area contributed by atoms with Crippen LogP contribution in [0.4, 0.5) is 0 Å². The summed E-state index contributed by atoms with van der Waals surface area (Å²) in [6.45, 7) is 10.1. The standard InChI is InChI=1S/C8H8O5S.C6H15N/c9-8(10)7(14(11,12)13)6-4-2-1-3-5-6;1-4-7(5-2)6-3/h1-5,7H,(H,9,10)(H,11,12,13);4-6H2,1-3H3. The van der Waals surface area contributed by atoms with Crippen molar-refractivity contribution < 1.29 is 22.9 Å². The van der Waals surface area contributed by atoms with Crippen LogP contribution in [0.25, 0.3) is 0 Å². The van der Waals surface area contributed by atoms with Crippen LogP contribution in [0.5, 0.6) is 0 Å². The maximum atomic E-state index is 10.7. The fourth-order valence-electron chi connectivity index (χ4n) is 1.74. The molecule has 21 heavy (non-hydrogen) atoms. The molecule has 0 saturated heterocycles. The van der Waals surface area contributed by atoms with Gasteiger partial charge in [0, 0.05) is 0 Å². The van der Waals surface area contributed by atoms with E-state index >= 15 is 0 Å². The zero-order valence-corrected chi connectivity index (χ0v) is 13.4. The Labute approximate surface area is 126 Å². The second-order valence-corrected chi connectivity index (χ2v) is 5.76. The minimum absolute atomic E-state index is 0.0301. The second kappa shape index (κ2) is 9.49. The van der Waals surface area contributed by atoms with E-state index in [1.165, 1.54) is 43.9 Å². The monoisotopic (exact) mass is 317 g/mol. The summed E-state index contributed by atoms with van der Waals surface area (Å²) in [6.07, 6.45) is 0. The number of carboxylic acids is 1. The first-order valence-electron chi connectivity index (χ1n) is 6.74. The molecule has 0 radical (unpaired) electrons. The van der Waals surface area contributed by atoms with E-state index in [9.17, 15) is 13.2 Å². The Morgan fingerprint density at radius 2 is 1.52 bits per heavy atom. The van der Waals surface area contributed by atoms with Gasteiger partial charge in [0.2, 0.25) is 5.25 Å². The quantitative estimate of drug-likeness (QED) is 0.780. The molecule has 120 valence electrons. The molecule has 0 saturated carbocycles. The fraction of sp³-hybridized carbons (Fsp3) is 0.500. The highest BCUT2D eigenvalue weighted by molar-refractivity contribution is 7.86. The highest BCUT2D eigenvalue weighted by Gasteiger charge is 2.32. The molecule has 1 aromatic rings. The molecule has 0 fully saturated rings. The Morgan fingerprint density at radius 3 is 1.76 bits per heavy atom. The summed E-state index contributed by atoms with van der Waals surface area (Å²) >= 11 is 0. The Hall–Kier alpha value is -1.44. The summed E-state index contributed by atoms with van der Waals surface area (Å²) in [5.74, 6) is -1.60. The zero-order chi connectivity index (χ0) is 16.5. The van der Waals surface area contributed by atoms with E-state index in [1.54, 1.807) is 6.07 Å². The van der Waals surface area contributed by atoms with Gasteiger partial charge in [0.25, 0.3) is 10.1 Å². The van der Waals surface area contributed by atoms with Crippen molar-refractivity contribution in [3.8, 4) is 0 Å². The molecule has 7 heteroatoms. The van der Waals surface area contributed by atoms with Crippen LogP contribution in [0, 0.1) is 0 Å². The van der Waals surface area contributed by atoms with Crippen LogP contribution in [-0.2, 0) is 14.9 Å². The summed E-state index contributed by atoms with van der Waals surface area (Å²) in [5, 5.41) is 6.71. The average Bonchev–Trinajstić information content (AvgIpc) is 2.40. The molecular weight excluding hydrogens is 294 g/mol. The third-order valence-corrected chi connectivity index (χ3v) is 4.04. The molecule has 0 aliphatic rings. The van der Waals surface area contributed by atoms with Crippen LogP contribution in [0.2, 0.25) is 0 Å². The van der Waals surface area contributed by atoms with Crippen molar-refractivity contribution in [1.82, 2.24) is 4.90 Å². The molecule has 0 bridgehead atoms. The number of benzene rings is 1. The molecule has 1 atom stereocenters. The first-order chi connectivity index (χ1) is 9.77. The van der Waals surface area contributed by atoms with Gasteiger partial charge in [-0.2, -0.15) is 8.42 Å². The van der Waals surface area contributed by atoms with Crippen LogP contribution >= 0.6 is 0 Å². The van der Waals surface area contributed by atoms with Crippen molar-refractivity contribution >= 4 is 16.1 Å². The lowest BCUT2D eigenvalue weighted by molar-refractivity contribution is -0.136. The van der Waals surface area contributed by atoms with Crippen LogP contribution in [-0.4, -0.2) is 48.6 Å². The smallest absolute Gasteiger partial charge is 0.329 e. The van der Waals surface area contributed by atoms with Gasteiger partial charge < -0.3 is 10.0 Å². The summed E-state index contributed by atoms with van der Waals surface area (Å²) in [4.78, 5) is 13.0. The van der Waals surface area contributed by atoms with Crippen molar-refractivity contribution in [3.05, 3.63) is 35.9 Å². The van der Waals surface area contributed by atoms with Gasteiger partial charge in [0.1, 0.15) is 0 Å². The predicted molar refractivity (Wildman–Crippen MR) is 81.8 cm³/mol. The molecule has 1 aromatic carbocycles. The molecular formula is C14H23NO5S. The number of aliphatic carboxylic acids is 1. The van der Waals surface area contributed by atoms with E-state index < -0.39 is 21.3 Å². The van der Waals surface area contributed by atoms with Crippen molar-refractivity contribution in [1.29, 1.82) is 0 Å². The molecule has 0 heterocycles. The topological polar surface area (TPSA) is 94.9 Å². The normalized spacial score (nSPS) is 12.4. The highest BCUT2D eigenvalue weighted by atomic mass is 32.2. The summed E-state index contributed by atoms with van der Waals surface area (Å²) in [6, 6.07) is 7.26. The number of carbonyl (C=O) groups is 1. The van der Waals surface area contributed by atoms with Gasteiger partial charge in [-0.25, -0.2) is 0 Å². The summed E-state index contributed by atoms with van der Waals surface area (Å²) < 4.78 is 30.2. The van der Waals surface area contributed by atoms with Gasteiger partial charge in [-0.05, 0) is 25.2 Å². The minimum Gasteiger partial charge on any atom is -0.480 e. The molecule has 1 rings (SSSR count). The molecule has 0 aromatic heterocycles. The Bertz CT molecular complexity index is 506. The Balaban J connectivity index is 0.000000486. The number of rotatable bonds is 6. The zero-order valence-electron chi connectivity index (χ0n) is 12.6. The first kappa shape index (κ1) is 19.6. The highest BCUT2D eigenvalue weighted by Crippen LogP contribution is 2.20. The lowest BCUT2D eigenvalue weighted by Gasteiger charge is -2.13. The van der Waals surface area contributed by atoms with Gasteiger partial charge >= 0.3 is 5.97 Å². The number of hydrogen-bond acceptors (Lipinski definition) is 4. The second-order valence-electron chi connectivity index (χ2n) is 4.26. The van der Waals surface area contributed by atoms with Crippen molar-refractivity contribution in [2.75, 3.05) is 19.6 Å². The third kappa shape index (κ3) is 7.22. The van der Waals surface area contributed by atoms with Gasteiger partial charge in [0.15, 0.2) is 0 Å². The van der Waals surface area contributed by atoms with Gasteiger partial charge in [0.05, 0.1) is 0 Å². The molecule has 6 nitrogen and oxygen atoms in total. The van der Waals surface area contributed by atoms with Crippen molar-refractivity contribution in [3.63, 3.8) is 0 Å². The maximum Gasteiger partial charge on any atom is 0.329 e. The number of nitrogens with zero attached hydrogens (tertiary/aromatic N) is 1. The summed E-state index contributed by atoms with van der Waals surface area (Å²) in [5.41, 5.74) is 0.0301. The SMILES string of the molecule is CCN(CC)CC.O=C(O)C(c1ccccc1)S(=O)(=O)O. The number of hydrogen-bond donors (Lipinski definition) is 2. The summed E-state index contributed by atoms with van der Waals surface area (Å²) in [7, 11) is -4.62. The largest absolute Gasteiger partial charge is 0.480 e. The van der Waals surface area contributed by atoms with Gasteiger partial charge in [-0.1, -0.05) is 51.1 Å². The van der Waals surface area contributed by atoms with E-state index in [-0.39, 0.29) is 5.56 Å². The van der Waals surface area contributed by atoms with Crippen LogP contribution in [0.1, 0.15) is 31.6 Å². The third-order valence-electron chi connectivity index (χ3n) is 2.97. The molecule has 1 unspecified atom stereocenters. The minimum atomic E-state index is -4.62. The maximum absolute atomic E-state index is 10.7. The van der Waals surface area contributed by atoms with Crippen molar-refractivity contribution in [2.45, 2.75) is 26.0 Å². The Morgan fingerprint density at radius 1 is 1.10 bits per heavy atom. The van der Waals surface area contributed by atoms with E-state index in [1.807, 2.05) is 0 Å². The lowest BCUT2D eigenvalue weighted by Crippen LogP contribution is -2.21. The van der Waals surface area contributed by atoms with Gasteiger partial charge in [-0.15, -0.1) is 0 Å². The predicted octanol–water partition coefficient (Wildman–Crippen LogP) is 2.05. The van der Waals surface area contributed by atoms with Crippen LogP contribution in [0.15, 0.2) is 30.3 Å². The lowest BCUT2D eigenvalue weighted by atomic mass is 10.1.